The molecule has 58 heavy (non-hydrogen) atoms. The van der Waals surface area contributed by atoms with Gasteiger partial charge in [0.15, 0.2) is 0 Å². The molecule has 0 bridgehead atoms. The number of pyridine rings is 1. The van der Waals surface area contributed by atoms with Gasteiger partial charge in [0.1, 0.15) is 35.1 Å². The van der Waals surface area contributed by atoms with Crippen LogP contribution in [-0.2, 0) is 42.7 Å². The van der Waals surface area contributed by atoms with E-state index >= 15 is 0 Å². The van der Waals surface area contributed by atoms with Crippen molar-refractivity contribution in [3.63, 3.8) is 0 Å². The minimum Gasteiger partial charge on any atom is -0.496 e. The van der Waals surface area contributed by atoms with Gasteiger partial charge in [-0.15, -0.1) is 0 Å². The first kappa shape index (κ1) is 44.9. The molecule has 0 saturated carbocycles. The van der Waals surface area contributed by atoms with Gasteiger partial charge in [0.25, 0.3) is 0 Å². The highest BCUT2D eigenvalue weighted by Gasteiger charge is 2.30. The van der Waals surface area contributed by atoms with Crippen LogP contribution in [0.3, 0.4) is 0 Å². The molecule has 1 saturated heterocycles. The molecule has 4 aromatic rings. The quantitative estimate of drug-likeness (QED) is 0.0671. The molecule has 3 aromatic heterocycles. The van der Waals surface area contributed by atoms with E-state index in [4.69, 9.17) is 52.4 Å². The number of imidazole rings is 1. The van der Waals surface area contributed by atoms with Crippen LogP contribution < -0.4 is 4.74 Å². The van der Waals surface area contributed by atoms with Crippen LogP contribution >= 0.6 is 0 Å². The third-order valence-corrected chi connectivity index (χ3v) is 9.81. The molecule has 16 heteroatoms. The molecule has 1 amide bonds. The largest absolute Gasteiger partial charge is 0.496 e. The summed E-state index contributed by atoms with van der Waals surface area (Å²) in [7, 11) is 3.37. The monoisotopic (exact) mass is 811 g/mol. The van der Waals surface area contributed by atoms with Gasteiger partial charge in [0.05, 0.1) is 114 Å². The molecule has 1 fully saturated rings. The number of fused-ring (bicyclic) bond motifs is 3. The van der Waals surface area contributed by atoms with Crippen molar-refractivity contribution in [3.05, 3.63) is 35.6 Å². The van der Waals surface area contributed by atoms with Crippen LogP contribution in [0, 0.1) is 13.8 Å². The number of hydrogen-bond acceptors (Lipinski definition) is 14. The maximum absolute atomic E-state index is 13.0. The lowest BCUT2D eigenvalue weighted by Gasteiger charge is -2.32. The number of amides is 1. The minimum absolute atomic E-state index is 0.000709. The Morgan fingerprint density at radius 3 is 2.07 bits per heavy atom. The van der Waals surface area contributed by atoms with Gasteiger partial charge in [-0.25, -0.2) is 4.98 Å². The Labute approximate surface area is 340 Å². The number of likely N-dealkylation sites (tertiary alicyclic amines) is 1. The summed E-state index contributed by atoms with van der Waals surface area (Å²) in [6.07, 6.45) is 3.60. The number of carbonyl (C=O) groups excluding carboxylic acids is 2. The average molecular weight is 812 g/mol. The van der Waals surface area contributed by atoms with Crippen molar-refractivity contribution in [2.24, 2.45) is 0 Å². The van der Waals surface area contributed by atoms with Crippen LogP contribution in [0.15, 0.2) is 22.9 Å². The van der Waals surface area contributed by atoms with Crippen LogP contribution in [0.4, 0.5) is 0 Å². The van der Waals surface area contributed by atoms with Gasteiger partial charge in [0.2, 0.25) is 5.91 Å². The number of ether oxygens (including phenoxy) is 8. The molecule has 4 heterocycles. The average Bonchev–Trinajstić information content (AvgIpc) is 3.75. The second-order valence-electron chi connectivity index (χ2n) is 15.4. The van der Waals surface area contributed by atoms with E-state index in [2.05, 4.69) is 16.6 Å². The van der Waals surface area contributed by atoms with Crippen LogP contribution in [0.5, 0.6) is 5.75 Å². The number of benzene rings is 1. The summed E-state index contributed by atoms with van der Waals surface area (Å²) >= 11 is 0. The van der Waals surface area contributed by atoms with E-state index in [1.54, 1.807) is 14.2 Å². The molecule has 320 valence electrons. The number of hydrogen-bond donors (Lipinski definition) is 0. The van der Waals surface area contributed by atoms with Crippen molar-refractivity contribution >= 4 is 33.8 Å². The number of nitrogens with zero attached hydrogens (tertiary/aromatic N) is 5. The lowest BCUT2D eigenvalue weighted by Crippen LogP contribution is -2.40. The van der Waals surface area contributed by atoms with E-state index in [9.17, 15) is 9.59 Å². The lowest BCUT2D eigenvalue weighted by atomic mass is 9.95. The van der Waals surface area contributed by atoms with Crippen molar-refractivity contribution in [1.29, 1.82) is 0 Å². The zero-order chi connectivity index (χ0) is 41.7. The van der Waals surface area contributed by atoms with Gasteiger partial charge in [-0.3, -0.25) is 14.6 Å². The zero-order valence-electron chi connectivity index (χ0n) is 35.4. The maximum Gasteiger partial charge on any atom is 0.308 e. The van der Waals surface area contributed by atoms with Crippen LogP contribution in [0.25, 0.3) is 33.1 Å². The summed E-state index contributed by atoms with van der Waals surface area (Å²) in [5, 5.41) is 5.08. The third-order valence-electron chi connectivity index (χ3n) is 9.81. The molecule has 0 radical (unpaired) electrons. The molecule has 1 atom stereocenters. The smallest absolute Gasteiger partial charge is 0.308 e. The van der Waals surface area contributed by atoms with E-state index in [1.165, 1.54) is 0 Å². The lowest BCUT2D eigenvalue weighted by molar-refractivity contribution is -0.156. The Bertz CT molecular complexity index is 1910. The molecule has 1 aliphatic heterocycles. The van der Waals surface area contributed by atoms with Gasteiger partial charge in [-0.2, -0.15) is 0 Å². The molecule has 5 rings (SSSR count). The summed E-state index contributed by atoms with van der Waals surface area (Å²) in [5.41, 5.74) is 4.67. The molecule has 0 spiro atoms. The zero-order valence-corrected chi connectivity index (χ0v) is 35.4. The first-order valence-corrected chi connectivity index (χ1v) is 20.1. The summed E-state index contributed by atoms with van der Waals surface area (Å²) in [6.45, 7) is 16.7. The standard InChI is InChI=1S/C42H61N5O11/c1-28(26-50-7)47-40-32-24-36(51-8)33(39-29(2)45-58-30(39)3)23-34(32)43-25-35(40)44-41(47)31-9-12-46(13-10-31)37(48)27-56-22-21-55-20-19-54-18-17-53-16-15-52-14-11-38(49)57-42(4,5)6/h23-25,28,31H,9-22,26-27H2,1-8H3/t28-/m1/s1. The maximum atomic E-state index is 13.0. The summed E-state index contributed by atoms with van der Waals surface area (Å²) in [5.74, 6) is 2.22. The Hall–Kier alpha value is -4.19. The summed E-state index contributed by atoms with van der Waals surface area (Å²) < 4.78 is 52.2. The molecule has 0 aliphatic carbocycles. The predicted molar refractivity (Wildman–Crippen MR) is 216 cm³/mol. The molecule has 1 aliphatic rings. The van der Waals surface area contributed by atoms with Crippen molar-refractivity contribution in [2.45, 2.75) is 78.4 Å². The van der Waals surface area contributed by atoms with Crippen LogP contribution in [0.1, 0.15) is 76.2 Å². The van der Waals surface area contributed by atoms with Gasteiger partial charge in [0, 0.05) is 37.1 Å². The van der Waals surface area contributed by atoms with E-state index in [-0.39, 0.29) is 36.9 Å². The summed E-state index contributed by atoms with van der Waals surface area (Å²) in [6, 6.07) is 4.06. The highest BCUT2D eigenvalue weighted by atomic mass is 16.6. The Balaban J connectivity index is 1.02. The number of methoxy groups -OCH3 is 2. The summed E-state index contributed by atoms with van der Waals surface area (Å²) in [4.78, 5) is 36.6. The van der Waals surface area contributed by atoms with Gasteiger partial charge >= 0.3 is 5.97 Å². The van der Waals surface area contributed by atoms with Gasteiger partial charge in [-0.05, 0) is 66.5 Å². The predicted octanol–water partition coefficient (Wildman–Crippen LogP) is 5.59. The Morgan fingerprint density at radius 2 is 1.50 bits per heavy atom. The Morgan fingerprint density at radius 1 is 0.879 bits per heavy atom. The van der Waals surface area contributed by atoms with E-state index in [0.29, 0.717) is 90.7 Å². The molecule has 1 aromatic carbocycles. The normalized spacial score (nSPS) is 14.4. The Kier molecular flexibility index (Phi) is 16.8. The van der Waals surface area contributed by atoms with Crippen molar-refractivity contribution in [2.75, 3.05) is 100.0 Å². The van der Waals surface area contributed by atoms with E-state index in [1.807, 2.05) is 57.8 Å². The fraction of sp³-hybridized carbons (Fsp3) is 0.643. The fourth-order valence-corrected chi connectivity index (χ4v) is 7.17. The van der Waals surface area contributed by atoms with Gasteiger partial charge < -0.3 is 51.9 Å². The van der Waals surface area contributed by atoms with Crippen LogP contribution in [-0.4, -0.2) is 142 Å². The topological polar surface area (TPSA) is 168 Å². The first-order chi connectivity index (χ1) is 27.9. The van der Waals surface area contributed by atoms with Crippen molar-refractivity contribution < 1.29 is 52.0 Å². The number of carbonyl (C=O) groups is 2. The molecule has 0 unspecified atom stereocenters. The van der Waals surface area contributed by atoms with Crippen molar-refractivity contribution in [3.8, 4) is 16.9 Å². The number of esters is 1. The molecular weight excluding hydrogens is 750 g/mol. The number of aryl methyl sites for hydroxylation is 2. The second-order valence-corrected chi connectivity index (χ2v) is 15.4. The van der Waals surface area contributed by atoms with Gasteiger partial charge in [-0.1, -0.05) is 5.16 Å². The van der Waals surface area contributed by atoms with E-state index in [0.717, 1.165) is 57.4 Å². The highest BCUT2D eigenvalue weighted by molar-refractivity contribution is 6.05. The molecule has 0 N–H and O–H groups in total. The van der Waals surface area contributed by atoms with E-state index < -0.39 is 5.60 Å². The number of rotatable bonds is 23. The first-order valence-electron chi connectivity index (χ1n) is 20.1. The number of piperidine rings is 1. The third kappa shape index (κ3) is 12.2. The fourth-order valence-electron chi connectivity index (χ4n) is 7.17. The molecular formula is C42H61N5O11. The van der Waals surface area contributed by atoms with Crippen LogP contribution in [0.2, 0.25) is 0 Å². The molecule has 16 nitrogen and oxygen atoms in total. The van der Waals surface area contributed by atoms with Crippen molar-refractivity contribution in [1.82, 2.24) is 24.6 Å². The second kappa shape index (κ2) is 21.7. The minimum atomic E-state index is -0.492. The SMILES string of the molecule is COC[C@@H](C)n1c(C2CCN(C(=O)COCCOCCOCCOCCOCCC(=O)OC(C)(C)C)CC2)nc2cnc3cc(-c4c(C)noc4C)c(OC)cc3c21. The number of aromatic nitrogens is 4. The highest BCUT2D eigenvalue weighted by Crippen LogP contribution is 2.41.